The van der Waals surface area contributed by atoms with E-state index >= 15 is 0 Å². The van der Waals surface area contributed by atoms with Crippen LogP contribution < -0.4 is 0 Å². The maximum atomic E-state index is 3.53. The molecule has 0 aromatic carbocycles. The standard InChI is InChI=1S/C13H19Br/c1-3-11-6-7-12-10(9-14)5-4-8-13(11,12)2/h3,9,12H,4-8H2,1-2H3/t12-,13+/m0/s1. The summed E-state index contributed by atoms with van der Waals surface area (Å²) in [6, 6.07) is 0. The van der Waals surface area contributed by atoms with Crippen molar-refractivity contribution in [3.05, 3.63) is 22.2 Å². The van der Waals surface area contributed by atoms with E-state index in [-0.39, 0.29) is 0 Å². The van der Waals surface area contributed by atoms with Gasteiger partial charge in [0.15, 0.2) is 0 Å². The summed E-state index contributed by atoms with van der Waals surface area (Å²) >= 11 is 3.53. The van der Waals surface area contributed by atoms with Gasteiger partial charge in [0.2, 0.25) is 0 Å². The molecule has 0 unspecified atom stereocenters. The fraction of sp³-hybridized carbons (Fsp3) is 0.692. The maximum Gasteiger partial charge on any atom is -0.00506 e. The second kappa shape index (κ2) is 3.84. The SMILES string of the molecule is CC=C1CC[C@H]2C(=CBr)CCC[C@]12C. The number of allylic oxidation sites excluding steroid dienone is 3. The van der Waals surface area contributed by atoms with Crippen molar-refractivity contribution in [2.24, 2.45) is 11.3 Å². The molecule has 0 N–H and O–H groups in total. The molecule has 0 aliphatic heterocycles. The minimum absolute atomic E-state index is 0.493. The Balaban J connectivity index is 2.35. The predicted molar refractivity (Wildman–Crippen MR) is 65.4 cm³/mol. The normalized spacial score (nSPS) is 43.2. The van der Waals surface area contributed by atoms with Gasteiger partial charge in [0.05, 0.1) is 0 Å². The van der Waals surface area contributed by atoms with Crippen LogP contribution in [0.15, 0.2) is 22.2 Å². The smallest absolute Gasteiger partial charge is 0.00506 e. The zero-order chi connectivity index (χ0) is 10.2. The second-order valence-corrected chi connectivity index (χ2v) is 5.32. The third-order valence-corrected chi connectivity index (χ3v) is 4.89. The Hall–Kier alpha value is -0.0400. The van der Waals surface area contributed by atoms with Crippen molar-refractivity contribution in [3.63, 3.8) is 0 Å². The highest BCUT2D eigenvalue weighted by molar-refractivity contribution is 9.11. The molecule has 2 aliphatic rings. The van der Waals surface area contributed by atoms with Crippen LogP contribution in [0.3, 0.4) is 0 Å². The van der Waals surface area contributed by atoms with Crippen molar-refractivity contribution in [3.8, 4) is 0 Å². The first-order valence-corrected chi connectivity index (χ1v) is 6.58. The van der Waals surface area contributed by atoms with Gasteiger partial charge in [0.1, 0.15) is 0 Å². The van der Waals surface area contributed by atoms with Gasteiger partial charge in [0, 0.05) is 0 Å². The van der Waals surface area contributed by atoms with E-state index in [1.54, 1.807) is 11.1 Å². The highest BCUT2D eigenvalue weighted by Gasteiger charge is 2.45. The predicted octanol–water partition coefficient (Wildman–Crippen LogP) is 4.81. The summed E-state index contributed by atoms with van der Waals surface area (Å²) in [5, 5.41) is 0. The van der Waals surface area contributed by atoms with Crippen LogP contribution >= 0.6 is 15.9 Å². The van der Waals surface area contributed by atoms with Crippen LogP contribution in [0.1, 0.15) is 46.0 Å². The first-order valence-electron chi connectivity index (χ1n) is 5.67. The lowest BCUT2D eigenvalue weighted by Gasteiger charge is -2.39. The first-order chi connectivity index (χ1) is 6.72. The number of rotatable bonds is 0. The lowest BCUT2D eigenvalue weighted by molar-refractivity contribution is 0.246. The topological polar surface area (TPSA) is 0 Å². The highest BCUT2D eigenvalue weighted by Crippen LogP contribution is 2.57. The third kappa shape index (κ3) is 1.41. The summed E-state index contributed by atoms with van der Waals surface area (Å²) < 4.78 is 0. The van der Waals surface area contributed by atoms with Gasteiger partial charge < -0.3 is 0 Å². The molecule has 14 heavy (non-hydrogen) atoms. The van der Waals surface area contributed by atoms with E-state index in [1.165, 1.54) is 32.1 Å². The summed E-state index contributed by atoms with van der Waals surface area (Å²) in [6.45, 7) is 4.67. The molecule has 78 valence electrons. The molecule has 2 rings (SSSR count). The quantitative estimate of drug-likeness (QED) is 0.545. The summed E-state index contributed by atoms with van der Waals surface area (Å²) in [7, 11) is 0. The molecule has 0 aromatic rings. The van der Waals surface area contributed by atoms with Gasteiger partial charge in [0.25, 0.3) is 0 Å². The van der Waals surface area contributed by atoms with Crippen molar-refractivity contribution in [1.29, 1.82) is 0 Å². The van der Waals surface area contributed by atoms with E-state index in [1.807, 2.05) is 0 Å². The fourth-order valence-corrected chi connectivity index (χ4v) is 4.04. The molecule has 0 spiro atoms. The first kappa shape index (κ1) is 10.5. The molecule has 0 aromatic heterocycles. The minimum Gasteiger partial charge on any atom is -0.0879 e. The molecule has 2 atom stereocenters. The van der Waals surface area contributed by atoms with Crippen molar-refractivity contribution < 1.29 is 0 Å². The lowest BCUT2D eigenvalue weighted by atomic mass is 9.66. The maximum absolute atomic E-state index is 3.53. The molecule has 2 fully saturated rings. The van der Waals surface area contributed by atoms with Crippen LogP contribution in [0, 0.1) is 11.3 Å². The average Bonchev–Trinajstić information content (AvgIpc) is 2.53. The minimum atomic E-state index is 0.493. The van der Waals surface area contributed by atoms with Crippen LogP contribution in [0.5, 0.6) is 0 Å². The molecule has 2 saturated carbocycles. The number of fused-ring (bicyclic) bond motifs is 1. The summed E-state index contributed by atoms with van der Waals surface area (Å²) in [5.74, 6) is 0.821. The molecule has 0 radical (unpaired) electrons. The van der Waals surface area contributed by atoms with Gasteiger partial charge in [-0.3, -0.25) is 0 Å². The number of hydrogen-bond donors (Lipinski definition) is 0. The van der Waals surface area contributed by atoms with Gasteiger partial charge in [-0.25, -0.2) is 0 Å². The summed E-state index contributed by atoms with van der Waals surface area (Å²) in [5.41, 5.74) is 3.84. The largest absolute Gasteiger partial charge is 0.0879 e. The van der Waals surface area contributed by atoms with Crippen molar-refractivity contribution in [2.45, 2.75) is 46.0 Å². The molecular formula is C13H19Br. The third-order valence-electron chi connectivity index (χ3n) is 4.30. The molecule has 0 saturated heterocycles. The van der Waals surface area contributed by atoms with E-state index in [0.29, 0.717) is 5.41 Å². The van der Waals surface area contributed by atoms with E-state index in [4.69, 9.17) is 0 Å². The highest BCUT2D eigenvalue weighted by atomic mass is 79.9. The van der Waals surface area contributed by atoms with Crippen LogP contribution in [0.25, 0.3) is 0 Å². The monoisotopic (exact) mass is 254 g/mol. The van der Waals surface area contributed by atoms with Crippen LogP contribution in [0.4, 0.5) is 0 Å². The van der Waals surface area contributed by atoms with Gasteiger partial charge in [-0.1, -0.05) is 40.1 Å². The van der Waals surface area contributed by atoms with Gasteiger partial charge in [-0.05, 0) is 55.3 Å². The second-order valence-electron chi connectivity index (χ2n) is 4.86. The van der Waals surface area contributed by atoms with E-state index in [0.717, 1.165) is 5.92 Å². The Morgan fingerprint density at radius 2 is 2.21 bits per heavy atom. The summed E-state index contributed by atoms with van der Waals surface area (Å²) in [4.78, 5) is 2.19. The van der Waals surface area contributed by atoms with Gasteiger partial charge in [-0.15, -0.1) is 0 Å². The molecule has 0 heterocycles. The summed E-state index contributed by atoms with van der Waals surface area (Å²) in [6.07, 6.45) is 9.11. The van der Waals surface area contributed by atoms with E-state index < -0.39 is 0 Å². The number of halogens is 1. The lowest BCUT2D eigenvalue weighted by Crippen LogP contribution is -2.28. The Kier molecular flexibility index (Phi) is 2.88. The van der Waals surface area contributed by atoms with Crippen LogP contribution in [0.2, 0.25) is 0 Å². The van der Waals surface area contributed by atoms with Gasteiger partial charge >= 0.3 is 0 Å². The van der Waals surface area contributed by atoms with E-state index in [9.17, 15) is 0 Å². The Morgan fingerprint density at radius 1 is 1.43 bits per heavy atom. The van der Waals surface area contributed by atoms with Crippen molar-refractivity contribution in [1.82, 2.24) is 0 Å². The fourth-order valence-electron chi connectivity index (χ4n) is 3.50. The van der Waals surface area contributed by atoms with Gasteiger partial charge in [-0.2, -0.15) is 0 Å². The van der Waals surface area contributed by atoms with Crippen LogP contribution in [-0.4, -0.2) is 0 Å². The molecule has 0 bridgehead atoms. The van der Waals surface area contributed by atoms with E-state index in [2.05, 4.69) is 40.8 Å². The molecular weight excluding hydrogens is 236 g/mol. The number of hydrogen-bond acceptors (Lipinski definition) is 0. The Labute approximate surface area is 95.6 Å². The molecule has 1 heteroatoms. The molecule has 2 aliphatic carbocycles. The Bertz CT molecular complexity index is 288. The molecule has 0 nitrogen and oxygen atoms in total. The Morgan fingerprint density at radius 3 is 2.86 bits per heavy atom. The zero-order valence-electron chi connectivity index (χ0n) is 9.15. The average molecular weight is 255 g/mol. The van der Waals surface area contributed by atoms with Crippen molar-refractivity contribution >= 4 is 15.9 Å². The van der Waals surface area contributed by atoms with Crippen molar-refractivity contribution in [2.75, 3.05) is 0 Å². The zero-order valence-corrected chi connectivity index (χ0v) is 10.7. The van der Waals surface area contributed by atoms with Crippen LogP contribution in [-0.2, 0) is 0 Å². The molecule has 0 amide bonds.